The molecule has 0 amide bonds. The van der Waals surface area contributed by atoms with Crippen molar-refractivity contribution in [2.45, 2.75) is 38.1 Å². The standard InChI is InChI=1S/C10H21NO/c1-11(10-6-5-7-10)8-3-4-9-12-2/h10H,3-9H2,1-2H3. The van der Waals surface area contributed by atoms with Crippen LogP contribution in [-0.2, 0) is 4.74 Å². The Morgan fingerprint density at radius 2 is 2.08 bits per heavy atom. The Bertz CT molecular complexity index is 112. The Morgan fingerprint density at radius 3 is 2.58 bits per heavy atom. The number of hydrogen-bond donors (Lipinski definition) is 0. The topological polar surface area (TPSA) is 12.5 Å². The van der Waals surface area contributed by atoms with Crippen LogP contribution in [0.1, 0.15) is 32.1 Å². The molecule has 0 aromatic carbocycles. The molecule has 1 aliphatic carbocycles. The highest BCUT2D eigenvalue weighted by Gasteiger charge is 2.20. The van der Waals surface area contributed by atoms with Gasteiger partial charge in [0.2, 0.25) is 0 Å². The van der Waals surface area contributed by atoms with Crippen LogP contribution >= 0.6 is 0 Å². The van der Waals surface area contributed by atoms with Crippen LogP contribution in [0.5, 0.6) is 0 Å². The highest BCUT2D eigenvalue weighted by atomic mass is 16.5. The fourth-order valence-electron chi connectivity index (χ4n) is 1.62. The molecular formula is C10H21NO. The molecule has 1 rings (SSSR count). The Hall–Kier alpha value is -0.0800. The van der Waals surface area contributed by atoms with Crippen LogP contribution < -0.4 is 0 Å². The molecule has 2 heteroatoms. The van der Waals surface area contributed by atoms with Crippen LogP contribution in [0.2, 0.25) is 0 Å². The maximum absolute atomic E-state index is 5.01. The molecule has 0 saturated heterocycles. The first-order valence-electron chi connectivity index (χ1n) is 5.04. The molecule has 1 saturated carbocycles. The maximum atomic E-state index is 5.01. The SMILES string of the molecule is COCCCCN(C)C1CCC1. The van der Waals surface area contributed by atoms with Crippen molar-refractivity contribution in [2.75, 3.05) is 27.3 Å². The second-order valence-electron chi connectivity index (χ2n) is 3.77. The number of rotatable bonds is 6. The number of unbranched alkanes of at least 4 members (excludes halogenated alkanes) is 1. The minimum Gasteiger partial charge on any atom is -0.385 e. The van der Waals surface area contributed by atoms with Crippen molar-refractivity contribution in [3.05, 3.63) is 0 Å². The van der Waals surface area contributed by atoms with Gasteiger partial charge in [-0.2, -0.15) is 0 Å². The predicted octanol–water partition coefficient (Wildman–Crippen LogP) is 1.90. The first-order valence-corrected chi connectivity index (χ1v) is 5.04. The highest BCUT2D eigenvalue weighted by molar-refractivity contribution is 4.77. The summed E-state index contributed by atoms with van der Waals surface area (Å²) >= 11 is 0. The molecule has 0 aromatic heterocycles. The van der Waals surface area contributed by atoms with Crippen LogP contribution in [0, 0.1) is 0 Å². The molecule has 0 aromatic rings. The summed E-state index contributed by atoms with van der Waals surface area (Å²) in [6.07, 6.45) is 6.75. The zero-order chi connectivity index (χ0) is 8.81. The molecule has 0 heterocycles. The molecule has 0 spiro atoms. The van der Waals surface area contributed by atoms with Crippen LogP contribution in [0.25, 0.3) is 0 Å². The van der Waals surface area contributed by atoms with Gasteiger partial charge in [0.05, 0.1) is 0 Å². The lowest BCUT2D eigenvalue weighted by molar-refractivity contribution is 0.146. The van der Waals surface area contributed by atoms with Crippen LogP contribution in [0.3, 0.4) is 0 Å². The summed E-state index contributed by atoms with van der Waals surface area (Å²) < 4.78 is 5.01. The Kier molecular flexibility index (Phi) is 4.62. The van der Waals surface area contributed by atoms with Gasteiger partial charge in [-0.3, -0.25) is 0 Å². The van der Waals surface area contributed by atoms with E-state index in [-0.39, 0.29) is 0 Å². The molecule has 72 valence electrons. The molecule has 0 atom stereocenters. The van der Waals surface area contributed by atoms with Gasteiger partial charge in [-0.15, -0.1) is 0 Å². The van der Waals surface area contributed by atoms with Gasteiger partial charge in [-0.25, -0.2) is 0 Å². The third-order valence-electron chi connectivity index (χ3n) is 2.81. The number of nitrogens with zero attached hydrogens (tertiary/aromatic N) is 1. The van der Waals surface area contributed by atoms with E-state index < -0.39 is 0 Å². The quantitative estimate of drug-likeness (QED) is 0.566. The van der Waals surface area contributed by atoms with Crippen molar-refractivity contribution in [1.29, 1.82) is 0 Å². The van der Waals surface area contributed by atoms with Crippen LogP contribution in [-0.4, -0.2) is 38.3 Å². The Morgan fingerprint density at radius 1 is 1.33 bits per heavy atom. The summed E-state index contributed by atoms with van der Waals surface area (Å²) in [6, 6.07) is 0.896. The monoisotopic (exact) mass is 171 g/mol. The fourth-order valence-corrected chi connectivity index (χ4v) is 1.62. The third-order valence-corrected chi connectivity index (χ3v) is 2.81. The summed E-state index contributed by atoms with van der Waals surface area (Å²) in [5, 5.41) is 0. The van der Waals surface area contributed by atoms with E-state index >= 15 is 0 Å². The minimum absolute atomic E-state index is 0.896. The van der Waals surface area contributed by atoms with E-state index in [1.54, 1.807) is 7.11 Å². The number of ether oxygens (including phenoxy) is 1. The molecule has 0 aliphatic heterocycles. The molecule has 2 nitrogen and oxygen atoms in total. The second-order valence-corrected chi connectivity index (χ2v) is 3.77. The average Bonchev–Trinajstić information content (AvgIpc) is 1.95. The molecule has 0 radical (unpaired) electrons. The van der Waals surface area contributed by atoms with Crippen molar-refractivity contribution in [3.8, 4) is 0 Å². The van der Waals surface area contributed by atoms with Crippen molar-refractivity contribution in [1.82, 2.24) is 4.90 Å². The lowest BCUT2D eigenvalue weighted by atomic mass is 9.92. The molecule has 12 heavy (non-hydrogen) atoms. The van der Waals surface area contributed by atoms with Crippen LogP contribution in [0.4, 0.5) is 0 Å². The van der Waals surface area contributed by atoms with Gasteiger partial charge < -0.3 is 9.64 Å². The van der Waals surface area contributed by atoms with E-state index in [1.165, 1.54) is 38.6 Å². The van der Waals surface area contributed by atoms with E-state index in [1.807, 2.05) is 0 Å². The second kappa shape index (κ2) is 5.55. The molecule has 1 aliphatic rings. The van der Waals surface area contributed by atoms with Crippen molar-refractivity contribution >= 4 is 0 Å². The summed E-state index contributed by atoms with van der Waals surface area (Å²) in [7, 11) is 4.02. The summed E-state index contributed by atoms with van der Waals surface area (Å²) in [5.74, 6) is 0. The number of hydrogen-bond acceptors (Lipinski definition) is 2. The molecule has 0 unspecified atom stereocenters. The molecule has 0 bridgehead atoms. The van der Waals surface area contributed by atoms with Gasteiger partial charge in [-0.1, -0.05) is 6.42 Å². The number of methoxy groups -OCH3 is 1. The van der Waals surface area contributed by atoms with Gasteiger partial charge in [0.1, 0.15) is 0 Å². The molecular weight excluding hydrogens is 150 g/mol. The molecule has 0 N–H and O–H groups in total. The van der Waals surface area contributed by atoms with Crippen LogP contribution in [0.15, 0.2) is 0 Å². The van der Waals surface area contributed by atoms with Crippen molar-refractivity contribution < 1.29 is 4.74 Å². The first-order chi connectivity index (χ1) is 5.84. The summed E-state index contributed by atoms with van der Waals surface area (Å²) in [5.41, 5.74) is 0. The highest BCUT2D eigenvalue weighted by Crippen LogP contribution is 2.23. The summed E-state index contributed by atoms with van der Waals surface area (Å²) in [6.45, 7) is 2.16. The summed E-state index contributed by atoms with van der Waals surface area (Å²) in [4.78, 5) is 2.50. The van der Waals surface area contributed by atoms with Gasteiger partial charge in [0.15, 0.2) is 0 Å². The lowest BCUT2D eigenvalue weighted by Gasteiger charge is -2.34. The maximum Gasteiger partial charge on any atom is 0.0462 e. The van der Waals surface area contributed by atoms with Gasteiger partial charge in [0.25, 0.3) is 0 Å². The first kappa shape index (κ1) is 10.0. The lowest BCUT2D eigenvalue weighted by Crippen LogP contribution is -2.37. The van der Waals surface area contributed by atoms with Crippen molar-refractivity contribution in [2.24, 2.45) is 0 Å². The largest absolute Gasteiger partial charge is 0.385 e. The van der Waals surface area contributed by atoms with Gasteiger partial charge in [0, 0.05) is 19.8 Å². The minimum atomic E-state index is 0.896. The van der Waals surface area contributed by atoms with Gasteiger partial charge >= 0.3 is 0 Å². The Labute approximate surface area is 75.9 Å². The Balaban J connectivity index is 1.91. The normalized spacial score (nSPS) is 18.2. The van der Waals surface area contributed by atoms with E-state index in [4.69, 9.17) is 4.74 Å². The molecule has 1 fully saturated rings. The smallest absolute Gasteiger partial charge is 0.0462 e. The van der Waals surface area contributed by atoms with Gasteiger partial charge in [-0.05, 0) is 39.3 Å². The average molecular weight is 171 g/mol. The van der Waals surface area contributed by atoms with E-state index in [0.29, 0.717) is 0 Å². The fraction of sp³-hybridized carbons (Fsp3) is 1.00. The predicted molar refractivity (Wildman–Crippen MR) is 51.4 cm³/mol. The zero-order valence-electron chi connectivity index (χ0n) is 8.38. The van der Waals surface area contributed by atoms with E-state index in [9.17, 15) is 0 Å². The zero-order valence-corrected chi connectivity index (χ0v) is 8.38. The van der Waals surface area contributed by atoms with E-state index in [0.717, 1.165) is 12.6 Å². The van der Waals surface area contributed by atoms with E-state index in [2.05, 4.69) is 11.9 Å². The van der Waals surface area contributed by atoms with Crippen molar-refractivity contribution in [3.63, 3.8) is 0 Å². The third kappa shape index (κ3) is 3.11.